The molecule has 1 aliphatic carbocycles. The van der Waals surface area contributed by atoms with Gasteiger partial charge in [0.05, 0.1) is 0 Å². The summed E-state index contributed by atoms with van der Waals surface area (Å²) in [7, 11) is 2.16. The fourth-order valence-electron chi connectivity index (χ4n) is 2.28. The number of carbonyl (C=O) groups is 1. The SMILES string of the molecule is CC1CCN(C)CC1CNC(=O)NC1CC1. The van der Waals surface area contributed by atoms with Gasteiger partial charge in [-0.2, -0.15) is 0 Å². The average molecular weight is 225 g/mol. The van der Waals surface area contributed by atoms with Crippen molar-refractivity contribution in [3.63, 3.8) is 0 Å². The fraction of sp³-hybridized carbons (Fsp3) is 0.917. The van der Waals surface area contributed by atoms with E-state index in [0.717, 1.165) is 31.8 Å². The van der Waals surface area contributed by atoms with Crippen LogP contribution in [-0.4, -0.2) is 43.7 Å². The second-order valence-electron chi connectivity index (χ2n) is 5.42. The molecular formula is C12H23N3O. The standard InChI is InChI=1S/C12H23N3O/c1-9-5-6-15(2)8-10(9)7-13-12(16)14-11-3-4-11/h9-11H,3-8H2,1-2H3,(H2,13,14,16). The van der Waals surface area contributed by atoms with Crippen molar-refractivity contribution in [2.45, 2.75) is 32.2 Å². The first kappa shape index (κ1) is 11.7. The molecule has 4 heteroatoms. The lowest BCUT2D eigenvalue weighted by Gasteiger charge is -2.34. The van der Waals surface area contributed by atoms with Gasteiger partial charge in [0.2, 0.25) is 0 Å². The first-order valence-electron chi connectivity index (χ1n) is 6.38. The quantitative estimate of drug-likeness (QED) is 0.753. The molecule has 0 bridgehead atoms. The summed E-state index contributed by atoms with van der Waals surface area (Å²) in [5, 5.41) is 5.95. The third kappa shape index (κ3) is 3.37. The summed E-state index contributed by atoms with van der Waals surface area (Å²) in [6.07, 6.45) is 3.54. The van der Waals surface area contributed by atoms with Gasteiger partial charge >= 0.3 is 6.03 Å². The molecule has 0 aromatic carbocycles. The summed E-state index contributed by atoms with van der Waals surface area (Å²) in [5.74, 6) is 1.32. The number of likely N-dealkylation sites (tertiary alicyclic amines) is 1. The van der Waals surface area contributed by atoms with Crippen LogP contribution in [0.5, 0.6) is 0 Å². The van der Waals surface area contributed by atoms with Gasteiger partial charge in [-0.1, -0.05) is 6.92 Å². The van der Waals surface area contributed by atoms with Gasteiger partial charge in [-0.3, -0.25) is 0 Å². The third-order valence-corrected chi connectivity index (χ3v) is 3.75. The minimum absolute atomic E-state index is 0.0166. The Morgan fingerprint density at radius 1 is 1.38 bits per heavy atom. The Bertz CT molecular complexity index is 253. The lowest BCUT2D eigenvalue weighted by Crippen LogP contribution is -2.45. The average Bonchev–Trinajstić information content (AvgIpc) is 3.03. The number of urea groups is 1. The zero-order valence-corrected chi connectivity index (χ0v) is 10.3. The van der Waals surface area contributed by atoms with E-state index in [2.05, 4.69) is 29.5 Å². The molecule has 2 N–H and O–H groups in total. The monoisotopic (exact) mass is 225 g/mol. The van der Waals surface area contributed by atoms with E-state index in [1.807, 2.05) is 0 Å². The van der Waals surface area contributed by atoms with Crippen LogP contribution in [0.1, 0.15) is 26.2 Å². The van der Waals surface area contributed by atoms with Crippen molar-refractivity contribution in [3.05, 3.63) is 0 Å². The molecule has 16 heavy (non-hydrogen) atoms. The molecule has 2 fully saturated rings. The summed E-state index contributed by atoms with van der Waals surface area (Å²) in [4.78, 5) is 13.8. The highest BCUT2D eigenvalue weighted by molar-refractivity contribution is 5.74. The second-order valence-corrected chi connectivity index (χ2v) is 5.42. The van der Waals surface area contributed by atoms with Crippen molar-refractivity contribution in [2.75, 3.05) is 26.7 Å². The number of carbonyl (C=O) groups excluding carboxylic acids is 1. The van der Waals surface area contributed by atoms with Crippen molar-refractivity contribution < 1.29 is 4.79 Å². The van der Waals surface area contributed by atoms with Gasteiger partial charge in [0.15, 0.2) is 0 Å². The molecule has 2 rings (SSSR count). The first-order chi connectivity index (χ1) is 7.65. The maximum Gasteiger partial charge on any atom is 0.315 e. The number of amides is 2. The van der Waals surface area contributed by atoms with Gasteiger partial charge in [-0.05, 0) is 44.7 Å². The molecule has 0 aromatic heterocycles. The molecule has 1 saturated carbocycles. The van der Waals surface area contributed by atoms with Gasteiger partial charge in [0.25, 0.3) is 0 Å². The van der Waals surface area contributed by atoms with E-state index in [1.165, 1.54) is 13.0 Å². The largest absolute Gasteiger partial charge is 0.338 e. The first-order valence-corrected chi connectivity index (χ1v) is 6.38. The molecule has 0 radical (unpaired) electrons. The Morgan fingerprint density at radius 3 is 2.81 bits per heavy atom. The van der Waals surface area contributed by atoms with Gasteiger partial charge in [-0.15, -0.1) is 0 Å². The normalized spacial score (nSPS) is 31.1. The highest BCUT2D eigenvalue weighted by atomic mass is 16.2. The Balaban J connectivity index is 1.68. The molecule has 1 aliphatic heterocycles. The minimum Gasteiger partial charge on any atom is -0.338 e. The van der Waals surface area contributed by atoms with Crippen LogP contribution in [0.15, 0.2) is 0 Å². The molecule has 2 aliphatic rings. The molecule has 4 nitrogen and oxygen atoms in total. The van der Waals surface area contributed by atoms with Crippen molar-refractivity contribution in [2.24, 2.45) is 11.8 Å². The molecule has 1 heterocycles. The van der Waals surface area contributed by atoms with E-state index in [9.17, 15) is 4.79 Å². The molecule has 0 aromatic rings. The molecule has 0 spiro atoms. The van der Waals surface area contributed by atoms with Crippen LogP contribution >= 0.6 is 0 Å². The summed E-state index contributed by atoms with van der Waals surface area (Å²) < 4.78 is 0. The lowest BCUT2D eigenvalue weighted by atomic mass is 9.87. The molecule has 2 atom stereocenters. The van der Waals surface area contributed by atoms with E-state index < -0.39 is 0 Å². The van der Waals surface area contributed by atoms with Crippen LogP contribution in [0.2, 0.25) is 0 Å². The van der Waals surface area contributed by atoms with Crippen molar-refractivity contribution in [3.8, 4) is 0 Å². The van der Waals surface area contributed by atoms with Gasteiger partial charge < -0.3 is 15.5 Å². The second kappa shape index (κ2) is 5.04. The smallest absolute Gasteiger partial charge is 0.315 e. The summed E-state index contributed by atoms with van der Waals surface area (Å²) in [6.45, 7) is 5.39. The van der Waals surface area contributed by atoms with E-state index in [1.54, 1.807) is 0 Å². The van der Waals surface area contributed by atoms with Gasteiger partial charge in [-0.25, -0.2) is 4.79 Å². The maximum atomic E-state index is 11.5. The van der Waals surface area contributed by atoms with Crippen LogP contribution in [0.25, 0.3) is 0 Å². The van der Waals surface area contributed by atoms with Gasteiger partial charge in [0, 0.05) is 19.1 Å². The maximum absolute atomic E-state index is 11.5. The third-order valence-electron chi connectivity index (χ3n) is 3.75. The molecule has 2 unspecified atom stereocenters. The molecule has 2 amide bonds. The number of rotatable bonds is 3. The zero-order valence-electron chi connectivity index (χ0n) is 10.3. The number of nitrogens with zero attached hydrogens (tertiary/aromatic N) is 1. The highest BCUT2D eigenvalue weighted by Crippen LogP contribution is 2.21. The molecule has 92 valence electrons. The zero-order chi connectivity index (χ0) is 11.5. The van der Waals surface area contributed by atoms with Gasteiger partial charge in [0.1, 0.15) is 0 Å². The van der Waals surface area contributed by atoms with Crippen LogP contribution in [0.4, 0.5) is 4.79 Å². The number of hydrogen-bond acceptors (Lipinski definition) is 2. The van der Waals surface area contributed by atoms with Crippen molar-refractivity contribution in [1.29, 1.82) is 0 Å². The number of nitrogens with one attached hydrogen (secondary N) is 2. The lowest BCUT2D eigenvalue weighted by molar-refractivity contribution is 0.152. The predicted molar refractivity (Wildman–Crippen MR) is 64.3 cm³/mol. The van der Waals surface area contributed by atoms with Crippen LogP contribution in [0, 0.1) is 11.8 Å². The Hall–Kier alpha value is -0.770. The summed E-state index contributed by atoms with van der Waals surface area (Å²) in [6, 6.07) is 0.467. The van der Waals surface area contributed by atoms with Crippen molar-refractivity contribution >= 4 is 6.03 Å². The highest BCUT2D eigenvalue weighted by Gasteiger charge is 2.26. The summed E-state index contributed by atoms with van der Waals surface area (Å²) >= 11 is 0. The predicted octanol–water partition coefficient (Wildman–Crippen LogP) is 1.04. The fourth-order valence-corrected chi connectivity index (χ4v) is 2.28. The van der Waals surface area contributed by atoms with Crippen LogP contribution < -0.4 is 10.6 Å². The minimum atomic E-state index is 0.0166. The Labute approximate surface area is 97.8 Å². The number of piperidine rings is 1. The van der Waals surface area contributed by atoms with E-state index in [4.69, 9.17) is 0 Å². The number of hydrogen-bond donors (Lipinski definition) is 2. The summed E-state index contributed by atoms with van der Waals surface area (Å²) in [5.41, 5.74) is 0. The topological polar surface area (TPSA) is 44.4 Å². The Kier molecular flexibility index (Phi) is 3.69. The van der Waals surface area contributed by atoms with Crippen molar-refractivity contribution in [1.82, 2.24) is 15.5 Å². The van der Waals surface area contributed by atoms with E-state index in [0.29, 0.717) is 12.0 Å². The van der Waals surface area contributed by atoms with Crippen LogP contribution in [-0.2, 0) is 0 Å². The van der Waals surface area contributed by atoms with E-state index >= 15 is 0 Å². The van der Waals surface area contributed by atoms with Crippen LogP contribution in [0.3, 0.4) is 0 Å². The Morgan fingerprint density at radius 2 is 2.12 bits per heavy atom. The van der Waals surface area contributed by atoms with E-state index in [-0.39, 0.29) is 6.03 Å². The molecule has 1 saturated heterocycles. The molecular weight excluding hydrogens is 202 g/mol.